The van der Waals surface area contributed by atoms with E-state index < -0.39 is 5.69 Å². The molecule has 0 aliphatic heterocycles. The number of hydrogen-bond acceptors (Lipinski definition) is 5. The summed E-state index contributed by atoms with van der Waals surface area (Å²) in [6.07, 6.45) is 0. The average molecular weight is 390 g/mol. The van der Waals surface area contributed by atoms with Crippen LogP contribution in [-0.2, 0) is 6.54 Å². The smallest absolute Gasteiger partial charge is 0.353 e. The quantitative estimate of drug-likeness (QED) is 0.581. The van der Waals surface area contributed by atoms with E-state index >= 15 is 0 Å². The van der Waals surface area contributed by atoms with E-state index in [1.165, 1.54) is 9.08 Å². The molecule has 0 aliphatic carbocycles. The summed E-state index contributed by atoms with van der Waals surface area (Å²) in [4.78, 5) is 17.1. The van der Waals surface area contributed by atoms with E-state index in [9.17, 15) is 4.79 Å². The lowest BCUT2D eigenvalue weighted by atomic mass is 10.2. The molecule has 9 heteroatoms. The summed E-state index contributed by atoms with van der Waals surface area (Å²) >= 11 is 12.4. The lowest BCUT2D eigenvalue weighted by Crippen LogP contribution is -2.23. The highest BCUT2D eigenvalue weighted by molar-refractivity contribution is 6.35. The van der Waals surface area contributed by atoms with Crippen molar-refractivity contribution in [3.63, 3.8) is 0 Å². The minimum Gasteiger partial charge on any atom is -0.497 e. The van der Waals surface area contributed by atoms with Crippen molar-refractivity contribution in [3.8, 4) is 5.75 Å². The van der Waals surface area contributed by atoms with Crippen LogP contribution in [-0.4, -0.2) is 26.3 Å². The number of nitrogen functional groups attached to an aromatic ring is 1. The molecule has 0 atom stereocenters. The molecule has 2 aromatic carbocycles. The molecule has 26 heavy (non-hydrogen) atoms. The molecule has 0 aliphatic rings. The summed E-state index contributed by atoms with van der Waals surface area (Å²) in [5.74, 6) is 0.682. The Balaban J connectivity index is 1.97. The van der Waals surface area contributed by atoms with Crippen LogP contribution in [0.1, 0.15) is 5.56 Å². The molecule has 0 saturated heterocycles. The first kappa shape index (κ1) is 16.7. The second-order valence-corrected chi connectivity index (χ2v) is 6.47. The van der Waals surface area contributed by atoms with Gasteiger partial charge in [-0.3, -0.25) is 0 Å². The zero-order valence-corrected chi connectivity index (χ0v) is 15.1. The van der Waals surface area contributed by atoms with Gasteiger partial charge in [0.15, 0.2) is 5.65 Å². The molecule has 0 bridgehead atoms. The van der Waals surface area contributed by atoms with E-state index in [0.717, 1.165) is 0 Å². The number of halogens is 2. The first-order valence-corrected chi connectivity index (χ1v) is 8.41. The van der Waals surface area contributed by atoms with Crippen molar-refractivity contribution in [2.24, 2.45) is 0 Å². The van der Waals surface area contributed by atoms with Crippen LogP contribution in [0.15, 0.2) is 41.2 Å². The van der Waals surface area contributed by atoms with E-state index in [1.807, 2.05) is 0 Å². The first-order valence-electron chi connectivity index (χ1n) is 7.65. The monoisotopic (exact) mass is 389 g/mol. The maximum Gasteiger partial charge on any atom is 0.353 e. The molecule has 2 aromatic heterocycles. The molecule has 2 N–H and O–H groups in total. The Morgan fingerprint density at radius 3 is 2.62 bits per heavy atom. The summed E-state index contributed by atoms with van der Waals surface area (Å²) in [6, 6.07) is 10.4. The summed E-state index contributed by atoms with van der Waals surface area (Å²) in [6.45, 7) is 0.115. The minimum absolute atomic E-state index is 0.0548. The Morgan fingerprint density at radius 2 is 1.92 bits per heavy atom. The largest absolute Gasteiger partial charge is 0.497 e. The van der Waals surface area contributed by atoms with Crippen molar-refractivity contribution in [2.45, 2.75) is 6.54 Å². The molecule has 0 amide bonds. The highest BCUT2D eigenvalue weighted by atomic mass is 35.5. The molecule has 132 valence electrons. The predicted molar refractivity (Wildman–Crippen MR) is 101 cm³/mol. The topological polar surface area (TPSA) is 87.4 Å². The Labute approximate surface area is 157 Å². The van der Waals surface area contributed by atoms with Crippen LogP contribution in [0.2, 0.25) is 10.0 Å². The summed E-state index contributed by atoms with van der Waals surface area (Å²) in [5, 5.41) is 6.00. The lowest BCUT2D eigenvalue weighted by molar-refractivity contribution is 0.415. The van der Waals surface area contributed by atoms with Gasteiger partial charge in [0.1, 0.15) is 5.75 Å². The molecule has 2 heterocycles. The Morgan fingerprint density at radius 1 is 1.19 bits per heavy atom. The molecule has 0 unspecified atom stereocenters. The third-order valence-corrected chi connectivity index (χ3v) is 4.83. The van der Waals surface area contributed by atoms with Crippen molar-refractivity contribution in [1.29, 1.82) is 0 Å². The van der Waals surface area contributed by atoms with Crippen LogP contribution in [0.5, 0.6) is 5.75 Å². The van der Waals surface area contributed by atoms with Gasteiger partial charge in [0.25, 0.3) is 0 Å². The second kappa shape index (κ2) is 6.19. The fourth-order valence-electron chi connectivity index (χ4n) is 2.82. The van der Waals surface area contributed by atoms with Crippen molar-refractivity contribution in [1.82, 2.24) is 19.2 Å². The molecule has 4 aromatic rings. The SMILES string of the molecule is COc1ccc2nc(N)n3c(=O)n(Cc4c(Cl)cccc4Cl)nc3c2c1. The van der Waals surface area contributed by atoms with Crippen LogP contribution >= 0.6 is 23.2 Å². The zero-order chi connectivity index (χ0) is 18.4. The van der Waals surface area contributed by atoms with Crippen LogP contribution in [0.25, 0.3) is 16.6 Å². The van der Waals surface area contributed by atoms with Crippen molar-refractivity contribution in [2.75, 3.05) is 12.8 Å². The van der Waals surface area contributed by atoms with E-state index in [2.05, 4.69) is 10.1 Å². The molecule has 0 fully saturated rings. The fourth-order valence-corrected chi connectivity index (χ4v) is 3.33. The molecule has 0 saturated carbocycles. The van der Waals surface area contributed by atoms with E-state index in [1.54, 1.807) is 43.5 Å². The number of nitrogens with two attached hydrogens (primary N) is 1. The second-order valence-electron chi connectivity index (χ2n) is 5.65. The standard InChI is InChI=1S/C17H13Cl2N5O2/c1-26-9-5-6-14-10(7-9)15-22-23(17(25)24(15)16(20)21-14)8-11-12(18)3-2-4-13(11)19/h2-7H,8H2,1H3,(H2,20,21). The van der Waals surface area contributed by atoms with Gasteiger partial charge in [0.05, 0.1) is 19.2 Å². The molecule has 0 radical (unpaired) electrons. The fraction of sp³-hybridized carbons (Fsp3) is 0.118. The number of fused-ring (bicyclic) bond motifs is 3. The maximum atomic E-state index is 12.8. The minimum atomic E-state index is -0.425. The van der Waals surface area contributed by atoms with Crippen molar-refractivity contribution >= 4 is 45.7 Å². The van der Waals surface area contributed by atoms with Gasteiger partial charge >= 0.3 is 5.69 Å². The number of methoxy groups -OCH3 is 1. The van der Waals surface area contributed by atoms with Gasteiger partial charge in [-0.15, -0.1) is 5.10 Å². The molecular formula is C17H13Cl2N5O2. The average Bonchev–Trinajstić information content (AvgIpc) is 2.95. The van der Waals surface area contributed by atoms with E-state index in [0.29, 0.717) is 37.9 Å². The lowest BCUT2D eigenvalue weighted by Gasteiger charge is -2.05. The molecular weight excluding hydrogens is 377 g/mol. The first-order chi connectivity index (χ1) is 12.5. The van der Waals surface area contributed by atoms with Gasteiger partial charge in [0, 0.05) is 21.0 Å². The van der Waals surface area contributed by atoms with Crippen molar-refractivity contribution < 1.29 is 4.74 Å². The normalized spacial score (nSPS) is 11.3. The van der Waals surface area contributed by atoms with E-state index in [4.69, 9.17) is 33.7 Å². The Bertz CT molecular complexity index is 1200. The number of ether oxygens (including phenoxy) is 1. The molecule has 4 rings (SSSR count). The van der Waals surface area contributed by atoms with Crippen molar-refractivity contribution in [3.05, 3.63) is 62.5 Å². The summed E-state index contributed by atoms with van der Waals surface area (Å²) in [7, 11) is 1.56. The third-order valence-electron chi connectivity index (χ3n) is 4.12. The van der Waals surface area contributed by atoms with Crippen LogP contribution in [0, 0.1) is 0 Å². The number of rotatable bonds is 3. The predicted octanol–water partition coefficient (Wildman–Crippen LogP) is 2.99. The van der Waals surface area contributed by atoms with Crippen LogP contribution in [0.4, 0.5) is 5.95 Å². The number of hydrogen-bond donors (Lipinski definition) is 1. The highest BCUT2D eigenvalue weighted by Gasteiger charge is 2.17. The summed E-state index contributed by atoms with van der Waals surface area (Å²) in [5.41, 5.74) is 7.16. The maximum absolute atomic E-state index is 12.8. The Kier molecular flexibility index (Phi) is 3.97. The van der Waals surface area contributed by atoms with Gasteiger partial charge in [-0.05, 0) is 30.3 Å². The Hall–Kier alpha value is -2.77. The van der Waals surface area contributed by atoms with Gasteiger partial charge in [-0.25, -0.2) is 18.9 Å². The highest BCUT2D eigenvalue weighted by Crippen LogP contribution is 2.26. The van der Waals surface area contributed by atoms with Crippen LogP contribution in [0.3, 0.4) is 0 Å². The van der Waals surface area contributed by atoms with Gasteiger partial charge in [0.2, 0.25) is 5.95 Å². The molecule has 0 spiro atoms. The third kappa shape index (κ3) is 2.56. The number of benzene rings is 2. The van der Waals surface area contributed by atoms with Gasteiger partial charge in [-0.1, -0.05) is 29.3 Å². The number of aromatic nitrogens is 4. The van der Waals surface area contributed by atoms with Gasteiger partial charge < -0.3 is 10.5 Å². The van der Waals surface area contributed by atoms with Crippen LogP contribution < -0.4 is 16.2 Å². The summed E-state index contributed by atoms with van der Waals surface area (Å²) < 4.78 is 7.77. The van der Waals surface area contributed by atoms with E-state index in [-0.39, 0.29) is 12.5 Å². The number of nitrogens with zero attached hydrogens (tertiary/aromatic N) is 4. The zero-order valence-electron chi connectivity index (χ0n) is 13.6. The molecule has 7 nitrogen and oxygen atoms in total. The van der Waals surface area contributed by atoms with Gasteiger partial charge in [-0.2, -0.15) is 0 Å². The number of anilines is 1.